The molecule has 6 heteroatoms. The van der Waals surface area contributed by atoms with Gasteiger partial charge in [-0.3, -0.25) is 4.68 Å². The summed E-state index contributed by atoms with van der Waals surface area (Å²) in [5, 5.41) is 8.36. The first-order valence-electron chi connectivity index (χ1n) is 8.39. The van der Waals surface area contributed by atoms with Crippen LogP contribution in [0.4, 0.5) is 5.82 Å². The Hall–Kier alpha value is -3.41. The Morgan fingerprint density at radius 1 is 1.04 bits per heavy atom. The first-order valence-corrected chi connectivity index (χ1v) is 8.39. The molecule has 0 aliphatic carbocycles. The summed E-state index contributed by atoms with van der Waals surface area (Å²) in [7, 11) is 1.93. The van der Waals surface area contributed by atoms with Gasteiger partial charge in [0.2, 0.25) is 0 Å². The fourth-order valence-corrected chi connectivity index (χ4v) is 2.93. The van der Waals surface area contributed by atoms with Crippen molar-refractivity contribution in [1.82, 2.24) is 19.9 Å². The Morgan fingerprint density at radius 3 is 2.50 bits per heavy atom. The van der Waals surface area contributed by atoms with Crippen molar-refractivity contribution in [3.63, 3.8) is 0 Å². The number of aromatic nitrogens is 4. The van der Waals surface area contributed by atoms with Crippen LogP contribution in [0.15, 0.2) is 65.6 Å². The lowest BCUT2D eigenvalue weighted by molar-refractivity contribution is 0.425. The van der Waals surface area contributed by atoms with Crippen LogP contribution in [0.5, 0.6) is 0 Å². The van der Waals surface area contributed by atoms with Crippen LogP contribution >= 0.6 is 0 Å². The summed E-state index contributed by atoms with van der Waals surface area (Å²) in [6, 6.07) is 14.1. The van der Waals surface area contributed by atoms with Crippen LogP contribution in [-0.2, 0) is 19.9 Å². The minimum atomic E-state index is 0.440. The van der Waals surface area contributed by atoms with Crippen LogP contribution in [0.1, 0.15) is 22.4 Å². The van der Waals surface area contributed by atoms with Gasteiger partial charge in [0.1, 0.15) is 5.82 Å². The Bertz CT molecular complexity index is 1020. The Morgan fingerprint density at radius 2 is 1.81 bits per heavy atom. The average Bonchev–Trinajstić information content (AvgIpc) is 3.26. The highest BCUT2D eigenvalue weighted by Gasteiger charge is 2.10. The second-order valence-electron chi connectivity index (χ2n) is 6.31. The molecule has 0 fully saturated rings. The molecule has 3 aromatic heterocycles. The maximum atomic E-state index is 5.89. The van der Waals surface area contributed by atoms with Gasteiger partial charge in [-0.2, -0.15) is 5.10 Å². The van der Waals surface area contributed by atoms with Gasteiger partial charge in [0.15, 0.2) is 5.76 Å². The predicted molar refractivity (Wildman–Crippen MR) is 99.4 cm³/mol. The van der Waals surface area contributed by atoms with E-state index in [1.54, 1.807) is 6.20 Å². The van der Waals surface area contributed by atoms with Gasteiger partial charge in [-0.25, -0.2) is 4.98 Å². The van der Waals surface area contributed by atoms with Crippen molar-refractivity contribution in [1.29, 1.82) is 0 Å². The quantitative estimate of drug-likeness (QED) is 0.600. The SMILES string of the molecule is Cn1cc(Cc2ccc(Cc3cc(-c4cccnc4N)on3)cc2)cn1. The zero-order chi connectivity index (χ0) is 17.9. The van der Waals surface area contributed by atoms with Gasteiger partial charge in [-0.15, -0.1) is 0 Å². The van der Waals surface area contributed by atoms with Crippen LogP contribution < -0.4 is 5.73 Å². The van der Waals surface area contributed by atoms with Crippen molar-refractivity contribution in [3.05, 3.63) is 83.4 Å². The molecule has 0 saturated heterocycles. The van der Waals surface area contributed by atoms with Crippen LogP contribution in [0.25, 0.3) is 11.3 Å². The summed E-state index contributed by atoms with van der Waals surface area (Å²) in [6.07, 6.45) is 7.17. The maximum Gasteiger partial charge on any atom is 0.170 e. The minimum Gasteiger partial charge on any atom is -0.383 e. The van der Waals surface area contributed by atoms with Crippen molar-refractivity contribution in [3.8, 4) is 11.3 Å². The molecule has 0 aliphatic heterocycles. The molecule has 0 radical (unpaired) electrons. The molecule has 4 aromatic rings. The standard InChI is InChI=1S/C20H19N5O/c1-25-13-16(12-23-25)9-14-4-6-15(7-5-14)10-17-11-19(26-24-17)18-3-2-8-22-20(18)21/h2-8,11-13H,9-10H2,1H3,(H2,21,22). The molecule has 4 rings (SSSR count). The second kappa shape index (κ2) is 6.84. The highest BCUT2D eigenvalue weighted by atomic mass is 16.5. The average molecular weight is 345 g/mol. The first-order chi connectivity index (χ1) is 12.7. The van der Waals surface area contributed by atoms with E-state index in [4.69, 9.17) is 10.3 Å². The van der Waals surface area contributed by atoms with E-state index < -0.39 is 0 Å². The highest BCUT2D eigenvalue weighted by Crippen LogP contribution is 2.25. The molecular weight excluding hydrogens is 326 g/mol. The number of nitrogens with two attached hydrogens (primary N) is 1. The fourth-order valence-electron chi connectivity index (χ4n) is 2.93. The zero-order valence-electron chi connectivity index (χ0n) is 14.5. The smallest absolute Gasteiger partial charge is 0.170 e. The molecule has 0 unspecified atom stereocenters. The van der Waals surface area contributed by atoms with Crippen molar-refractivity contribution >= 4 is 5.82 Å². The second-order valence-corrected chi connectivity index (χ2v) is 6.31. The van der Waals surface area contributed by atoms with E-state index in [2.05, 4.69) is 39.5 Å². The van der Waals surface area contributed by atoms with Gasteiger partial charge >= 0.3 is 0 Å². The van der Waals surface area contributed by atoms with E-state index in [0.717, 1.165) is 17.7 Å². The number of nitrogens with zero attached hydrogens (tertiary/aromatic N) is 4. The van der Waals surface area contributed by atoms with Crippen molar-refractivity contribution in [2.45, 2.75) is 12.8 Å². The molecule has 130 valence electrons. The molecule has 0 aliphatic rings. The Balaban J connectivity index is 1.45. The van der Waals surface area contributed by atoms with Crippen molar-refractivity contribution < 1.29 is 4.52 Å². The number of hydrogen-bond donors (Lipinski definition) is 1. The molecule has 6 nitrogen and oxygen atoms in total. The molecule has 0 bridgehead atoms. The van der Waals surface area contributed by atoms with Gasteiger partial charge in [0.25, 0.3) is 0 Å². The van der Waals surface area contributed by atoms with E-state index in [0.29, 0.717) is 18.0 Å². The lowest BCUT2D eigenvalue weighted by Gasteiger charge is -2.02. The number of anilines is 1. The van der Waals surface area contributed by atoms with E-state index in [1.165, 1.54) is 16.7 Å². The van der Waals surface area contributed by atoms with E-state index in [1.807, 2.05) is 42.3 Å². The summed E-state index contributed by atoms with van der Waals surface area (Å²) < 4.78 is 7.25. The summed E-state index contributed by atoms with van der Waals surface area (Å²) in [6.45, 7) is 0. The lowest BCUT2D eigenvalue weighted by Crippen LogP contribution is -1.92. The monoisotopic (exact) mass is 345 g/mol. The van der Waals surface area contributed by atoms with Crippen LogP contribution in [0.2, 0.25) is 0 Å². The maximum absolute atomic E-state index is 5.89. The number of benzene rings is 1. The third kappa shape index (κ3) is 3.49. The van der Waals surface area contributed by atoms with E-state index in [-0.39, 0.29) is 0 Å². The van der Waals surface area contributed by atoms with Crippen LogP contribution in [-0.4, -0.2) is 19.9 Å². The predicted octanol–water partition coefficient (Wildman–Crippen LogP) is 3.23. The van der Waals surface area contributed by atoms with Gasteiger partial charge in [-0.05, 0) is 28.8 Å². The van der Waals surface area contributed by atoms with Gasteiger partial charge in [-0.1, -0.05) is 29.4 Å². The van der Waals surface area contributed by atoms with Gasteiger partial charge < -0.3 is 10.3 Å². The van der Waals surface area contributed by atoms with E-state index in [9.17, 15) is 0 Å². The topological polar surface area (TPSA) is 82.8 Å². The number of rotatable bonds is 5. The summed E-state index contributed by atoms with van der Waals surface area (Å²) >= 11 is 0. The molecule has 2 N–H and O–H groups in total. The van der Waals surface area contributed by atoms with Crippen LogP contribution in [0, 0.1) is 0 Å². The van der Waals surface area contributed by atoms with Crippen molar-refractivity contribution in [2.75, 3.05) is 5.73 Å². The first kappa shape index (κ1) is 16.1. The number of pyridine rings is 1. The summed E-state index contributed by atoms with van der Waals surface area (Å²) in [5.41, 5.74) is 11.2. The summed E-state index contributed by atoms with van der Waals surface area (Å²) in [5.74, 6) is 1.08. The number of nitrogen functional groups attached to an aromatic ring is 1. The molecule has 0 saturated carbocycles. The molecule has 26 heavy (non-hydrogen) atoms. The normalized spacial score (nSPS) is 11.0. The van der Waals surface area contributed by atoms with Crippen LogP contribution in [0.3, 0.4) is 0 Å². The van der Waals surface area contributed by atoms with Gasteiger partial charge in [0.05, 0.1) is 17.5 Å². The molecule has 0 amide bonds. The minimum absolute atomic E-state index is 0.440. The molecular formula is C20H19N5O. The Labute approximate surface area is 151 Å². The molecule has 0 spiro atoms. The zero-order valence-corrected chi connectivity index (χ0v) is 14.5. The summed E-state index contributed by atoms with van der Waals surface area (Å²) in [4.78, 5) is 4.08. The molecule has 0 atom stereocenters. The van der Waals surface area contributed by atoms with E-state index >= 15 is 0 Å². The number of aryl methyl sites for hydroxylation is 1. The van der Waals surface area contributed by atoms with Gasteiger partial charge in [0, 0.05) is 38.3 Å². The Kier molecular flexibility index (Phi) is 4.23. The third-order valence-corrected chi connectivity index (χ3v) is 4.24. The van der Waals surface area contributed by atoms with Crippen molar-refractivity contribution in [2.24, 2.45) is 7.05 Å². The largest absolute Gasteiger partial charge is 0.383 e. The molecule has 1 aromatic carbocycles. The molecule has 3 heterocycles. The highest BCUT2D eigenvalue weighted by molar-refractivity contribution is 5.69. The third-order valence-electron chi connectivity index (χ3n) is 4.24. The lowest BCUT2D eigenvalue weighted by atomic mass is 10.0. The fraction of sp³-hybridized carbons (Fsp3) is 0.150. The number of hydrogen-bond acceptors (Lipinski definition) is 5.